The molecule has 0 aliphatic carbocycles. The number of esters is 3. The Hall–Kier alpha value is -3.15. The summed E-state index contributed by atoms with van der Waals surface area (Å²) in [6.07, 6.45) is 77.6. The van der Waals surface area contributed by atoms with E-state index in [1.54, 1.807) is 0 Å². The van der Waals surface area contributed by atoms with Crippen molar-refractivity contribution < 1.29 is 28.6 Å². The summed E-state index contributed by atoms with van der Waals surface area (Å²) >= 11 is 0. The van der Waals surface area contributed by atoms with Crippen LogP contribution in [0.2, 0.25) is 0 Å². The molecular weight excluding hydrogens is 889 g/mol. The number of carbonyl (C=O) groups is 3. The maximum atomic E-state index is 12.9. The summed E-state index contributed by atoms with van der Waals surface area (Å²) in [5.41, 5.74) is 0. The number of rotatable bonds is 56. The van der Waals surface area contributed by atoms with Crippen LogP contribution in [-0.2, 0) is 28.6 Å². The highest BCUT2D eigenvalue weighted by Crippen LogP contribution is 2.16. The monoisotopic (exact) mass is 1000 g/mol. The van der Waals surface area contributed by atoms with E-state index in [0.29, 0.717) is 19.3 Å². The standard InChI is InChI=1S/C66H116O6/c1-4-7-10-13-16-19-22-25-28-31-33-36-38-41-44-47-50-53-56-59-65(68)71-62-63(61-70-64(67)58-55-52-49-46-43-40-37-34-30-27-24-21-18-15-12-9-6-3)72-66(69)60-57-54-51-48-45-42-39-35-32-29-26-23-20-17-14-11-8-5-2/h18,21,27,29-30,32,35,37,39-40,46,49,63H,4-17,19-20,22-26,28,31,33-34,36,38,41-45,47-48,50-62H2,1-3H3/b21-18-,30-27-,32-29-,39-35-,40-37-,49-46-. The topological polar surface area (TPSA) is 78.9 Å². The third kappa shape index (κ3) is 57.7. The van der Waals surface area contributed by atoms with Gasteiger partial charge in [0.2, 0.25) is 0 Å². The van der Waals surface area contributed by atoms with Crippen LogP contribution in [0.3, 0.4) is 0 Å². The highest BCUT2D eigenvalue weighted by Gasteiger charge is 2.19. The van der Waals surface area contributed by atoms with Crippen molar-refractivity contribution in [1.82, 2.24) is 0 Å². The Kier molecular flexibility index (Phi) is 57.8. The van der Waals surface area contributed by atoms with E-state index in [0.717, 1.165) is 83.5 Å². The molecule has 0 radical (unpaired) electrons. The van der Waals surface area contributed by atoms with E-state index in [2.05, 4.69) is 93.7 Å². The second-order valence-corrected chi connectivity index (χ2v) is 20.6. The molecular formula is C66H116O6. The molecule has 72 heavy (non-hydrogen) atoms. The van der Waals surface area contributed by atoms with Gasteiger partial charge in [0.25, 0.3) is 0 Å². The first kappa shape index (κ1) is 68.8. The van der Waals surface area contributed by atoms with Crippen molar-refractivity contribution in [2.24, 2.45) is 0 Å². The van der Waals surface area contributed by atoms with Crippen molar-refractivity contribution in [3.8, 4) is 0 Å². The van der Waals surface area contributed by atoms with Gasteiger partial charge in [-0.3, -0.25) is 14.4 Å². The minimum atomic E-state index is -0.805. The molecule has 0 saturated carbocycles. The van der Waals surface area contributed by atoms with Crippen molar-refractivity contribution in [2.75, 3.05) is 13.2 Å². The van der Waals surface area contributed by atoms with E-state index >= 15 is 0 Å². The van der Waals surface area contributed by atoms with E-state index in [4.69, 9.17) is 14.2 Å². The van der Waals surface area contributed by atoms with Crippen LogP contribution in [0.15, 0.2) is 72.9 Å². The van der Waals surface area contributed by atoms with Crippen molar-refractivity contribution >= 4 is 17.9 Å². The number of ether oxygens (including phenoxy) is 3. The van der Waals surface area contributed by atoms with Crippen LogP contribution in [0.5, 0.6) is 0 Å². The molecule has 1 unspecified atom stereocenters. The van der Waals surface area contributed by atoms with E-state index in [1.165, 1.54) is 180 Å². The third-order valence-corrected chi connectivity index (χ3v) is 13.5. The molecule has 0 aliphatic rings. The summed E-state index contributed by atoms with van der Waals surface area (Å²) in [5, 5.41) is 0. The van der Waals surface area contributed by atoms with Gasteiger partial charge in [0.1, 0.15) is 13.2 Å². The second-order valence-electron chi connectivity index (χ2n) is 20.6. The lowest BCUT2D eigenvalue weighted by atomic mass is 10.0. The SMILES string of the molecule is CCCCC/C=C\C/C=C\C/C=C\C/C=C\CCCC(=O)OCC(COC(=O)CCCCCCCCCCCCCCCCCCCCC)OC(=O)CCCCCCC/C=C\C=C/CCCCCCCCC. The molecule has 416 valence electrons. The molecule has 0 aromatic rings. The van der Waals surface area contributed by atoms with E-state index < -0.39 is 6.10 Å². The Bertz CT molecular complexity index is 1340. The minimum absolute atomic E-state index is 0.0962. The molecule has 0 aliphatic heterocycles. The van der Waals surface area contributed by atoms with Crippen LogP contribution in [0, 0.1) is 0 Å². The second kappa shape index (κ2) is 60.4. The number of unbranched alkanes of at least 4 members (excludes halogenated alkanes) is 34. The van der Waals surface area contributed by atoms with Gasteiger partial charge in [-0.1, -0.05) is 280 Å². The summed E-state index contributed by atoms with van der Waals surface area (Å²) in [5.74, 6) is -0.956. The van der Waals surface area contributed by atoms with Crippen molar-refractivity contribution in [3.05, 3.63) is 72.9 Å². The predicted octanol–water partition coefficient (Wildman–Crippen LogP) is 20.9. The first-order chi connectivity index (χ1) is 35.5. The van der Waals surface area contributed by atoms with E-state index in [1.807, 2.05) is 0 Å². The smallest absolute Gasteiger partial charge is 0.306 e. The van der Waals surface area contributed by atoms with Gasteiger partial charge in [-0.2, -0.15) is 0 Å². The fourth-order valence-corrected chi connectivity index (χ4v) is 8.78. The summed E-state index contributed by atoms with van der Waals surface area (Å²) in [4.78, 5) is 38.2. The minimum Gasteiger partial charge on any atom is -0.462 e. The Morgan fingerprint density at radius 1 is 0.292 bits per heavy atom. The number of hydrogen-bond acceptors (Lipinski definition) is 6. The van der Waals surface area contributed by atoms with Gasteiger partial charge >= 0.3 is 17.9 Å². The van der Waals surface area contributed by atoms with Gasteiger partial charge in [-0.05, 0) is 83.5 Å². The van der Waals surface area contributed by atoms with Crippen molar-refractivity contribution in [2.45, 2.75) is 316 Å². The van der Waals surface area contributed by atoms with Crippen LogP contribution >= 0.6 is 0 Å². The lowest BCUT2D eigenvalue weighted by Crippen LogP contribution is -2.30. The number of hydrogen-bond donors (Lipinski definition) is 0. The molecule has 0 heterocycles. The Morgan fingerprint density at radius 2 is 0.556 bits per heavy atom. The molecule has 0 rings (SSSR count). The first-order valence-corrected chi connectivity index (χ1v) is 31.0. The Balaban J connectivity index is 4.45. The summed E-state index contributed by atoms with van der Waals surface area (Å²) in [6.45, 7) is 6.58. The molecule has 0 bridgehead atoms. The zero-order chi connectivity index (χ0) is 52.2. The molecule has 0 aromatic heterocycles. The summed E-state index contributed by atoms with van der Waals surface area (Å²) in [6, 6.07) is 0. The molecule has 0 saturated heterocycles. The normalized spacial score (nSPS) is 12.5. The molecule has 6 nitrogen and oxygen atoms in total. The molecule has 0 amide bonds. The van der Waals surface area contributed by atoms with Crippen LogP contribution in [0.4, 0.5) is 0 Å². The summed E-state index contributed by atoms with van der Waals surface area (Å²) in [7, 11) is 0. The molecule has 6 heteroatoms. The van der Waals surface area contributed by atoms with Crippen molar-refractivity contribution in [3.63, 3.8) is 0 Å². The van der Waals surface area contributed by atoms with Crippen LogP contribution in [0.1, 0.15) is 310 Å². The van der Waals surface area contributed by atoms with E-state index in [9.17, 15) is 14.4 Å². The van der Waals surface area contributed by atoms with Gasteiger partial charge in [0.05, 0.1) is 0 Å². The third-order valence-electron chi connectivity index (χ3n) is 13.5. The lowest BCUT2D eigenvalue weighted by molar-refractivity contribution is -0.167. The molecule has 0 N–H and O–H groups in total. The fraction of sp³-hybridized carbons (Fsp3) is 0.773. The number of allylic oxidation sites excluding steroid dienone is 12. The van der Waals surface area contributed by atoms with Gasteiger partial charge in [-0.15, -0.1) is 0 Å². The maximum absolute atomic E-state index is 12.9. The Morgan fingerprint density at radius 3 is 0.944 bits per heavy atom. The highest BCUT2D eigenvalue weighted by atomic mass is 16.6. The first-order valence-electron chi connectivity index (χ1n) is 31.0. The molecule has 0 spiro atoms. The van der Waals surface area contributed by atoms with Gasteiger partial charge < -0.3 is 14.2 Å². The van der Waals surface area contributed by atoms with Gasteiger partial charge in [0.15, 0.2) is 6.10 Å². The average molecular weight is 1010 g/mol. The summed E-state index contributed by atoms with van der Waals surface area (Å²) < 4.78 is 16.9. The zero-order valence-electron chi connectivity index (χ0n) is 47.7. The largest absolute Gasteiger partial charge is 0.462 e. The van der Waals surface area contributed by atoms with Crippen LogP contribution in [-0.4, -0.2) is 37.2 Å². The van der Waals surface area contributed by atoms with Gasteiger partial charge in [-0.25, -0.2) is 0 Å². The van der Waals surface area contributed by atoms with Crippen LogP contribution in [0.25, 0.3) is 0 Å². The maximum Gasteiger partial charge on any atom is 0.306 e. The van der Waals surface area contributed by atoms with Gasteiger partial charge in [0, 0.05) is 19.3 Å². The lowest BCUT2D eigenvalue weighted by Gasteiger charge is -2.18. The quantitative estimate of drug-likeness (QED) is 0.0199. The predicted molar refractivity (Wildman–Crippen MR) is 311 cm³/mol. The fourth-order valence-electron chi connectivity index (χ4n) is 8.78. The highest BCUT2D eigenvalue weighted by molar-refractivity contribution is 5.71. The Labute approximate surface area is 446 Å². The zero-order valence-corrected chi connectivity index (χ0v) is 47.7. The molecule has 1 atom stereocenters. The van der Waals surface area contributed by atoms with Crippen molar-refractivity contribution in [1.29, 1.82) is 0 Å². The average Bonchev–Trinajstić information content (AvgIpc) is 3.38. The van der Waals surface area contributed by atoms with E-state index in [-0.39, 0.29) is 37.5 Å². The molecule has 0 fully saturated rings. The number of carbonyl (C=O) groups excluding carboxylic acids is 3. The van der Waals surface area contributed by atoms with Crippen LogP contribution < -0.4 is 0 Å². The molecule has 0 aromatic carbocycles.